The van der Waals surface area contributed by atoms with Gasteiger partial charge < -0.3 is 14.2 Å². The van der Waals surface area contributed by atoms with E-state index in [-0.39, 0.29) is 40.2 Å². The molecule has 4 nitrogen and oxygen atoms in total. The summed E-state index contributed by atoms with van der Waals surface area (Å²) in [6, 6.07) is 0.117. The van der Waals surface area contributed by atoms with Crippen molar-refractivity contribution in [1.82, 2.24) is 5.32 Å². The molecule has 2 rings (SSSR count). The fourth-order valence-electron chi connectivity index (χ4n) is 3.02. The van der Waals surface area contributed by atoms with Crippen molar-refractivity contribution in [1.29, 1.82) is 0 Å². The lowest BCUT2D eigenvalue weighted by atomic mass is 10.0. The Morgan fingerprint density at radius 1 is 0.875 bits per heavy atom. The third kappa shape index (κ3) is 3.52. The fourth-order valence-corrected chi connectivity index (χ4v) is 5.68. The molecule has 0 aromatic heterocycles. The maximum Gasteiger partial charge on any atom is 0.226 e. The standard InChI is InChI=1S/C18H37NO3Si2/c1-17(2,3)23(7,8)21-14-12-11-13(19-16(12)20)15(14)22-24(9,10)18(4,5)6/h12-15H,11H2,1-10H3,(H,19,20)/t12-,13+,14+,15-/m0/s1. The van der Waals surface area contributed by atoms with E-state index >= 15 is 0 Å². The summed E-state index contributed by atoms with van der Waals surface area (Å²) < 4.78 is 13.5. The summed E-state index contributed by atoms with van der Waals surface area (Å²) in [5, 5.41) is 3.41. The smallest absolute Gasteiger partial charge is 0.226 e. The molecule has 0 aromatic rings. The van der Waals surface area contributed by atoms with Crippen molar-refractivity contribution >= 4 is 22.5 Å². The summed E-state index contributed by atoms with van der Waals surface area (Å²) in [6.45, 7) is 22.6. The van der Waals surface area contributed by atoms with E-state index in [2.05, 4.69) is 73.0 Å². The van der Waals surface area contributed by atoms with Gasteiger partial charge in [-0.15, -0.1) is 0 Å². The molecule has 2 bridgehead atoms. The van der Waals surface area contributed by atoms with Crippen LogP contribution in [0.15, 0.2) is 0 Å². The van der Waals surface area contributed by atoms with Gasteiger partial charge in [0.05, 0.1) is 24.2 Å². The van der Waals surface area contributed by atoms with Crippen LogP contribution in [0.1, 0.15) is 48.0 Å². The number of amides is 1. The summed E-state index contributed by atoms with van der Waals surface area (Å²) in [4.78, 5) is 12.3. The zero-order valence-electron chi connectivity index (χ0n) is 17.2. The van der Waals surface area contributed by atoms with Crippen LogP contribution in [0.25, 0.3) is 0 Å². The third-order valence-electron chi connectivity index (χ3n) is 6.76. The highest BCUT2D eigenvalue weighted by molar-refractivity contribution is 6.74. The largest absolute Gasteiger partial charge is 0.410 e. The summed E-state index contributed by atoms with van der Waals surface area (Å²) in [5.41, 5.74) is 0. The predicted molar refractivity (Wildman–Crippen MR) is 104 cm³/mol. The summed E-state index contributed by atoms with van der Waals surface area (Å²) in [7, 11) is -3.85. The van der Waals surface area contributed by atoms with Crippen LogP contribution < -0.4 is 5.32 Å². The molecule has 140 valence electrons. The van der Waals surface area contributed by atoms with Crippen LogP contribution in [0.3, 0.4) is 0 Å². The molecule has 1 saturated heterocycles. The number of piperidine rings is 1. The van der Waals surface area contributed by atoms with Gasteiger partial charge in [-0.3, -0.25) is 4.79 Å². The van der Waals surface area contributed by atoms with Crippen LogP contribution in [-0.2, 0) is 13.6 Å². The highest BCUT2D eigenvalue weighted by Gasteiger charge is 2.58. The minimum absolute atomic E-state index is 0.00252. The molecule has 2 fully saturated rings. The first-order valence-electron chi connectivity index (χ1n) is 9.23. The molecule has 4 atom stereocenters. The minimum Gasteiger partial charge on any atom is -0.410 e. The van der Waals surface area contributed by atoms with Crippen molar-refractivity contribution in [2.45, 2.75) is 102 Å². The van der Waals surface area contributed by atoms with Crippen LogP contribution in [0, 0.1) is 5.92 Å². The Hall–Kier alpha value is -0.176. The van der Waals surface area contributed by atoms with Gasteiger partial charge in [-0.2, -0.15) is 0 Å². The van der Waals surface area contributed by atoms with Crippen molar-refractivity contribution in [2.24, 2.45) is 5.92 Å². The minimum atomic E-state index is -1.94. The normalized spacial score (nSPS) is 31.5. The van der Waals surface area contributed by atoms with Crippen molar-refractivity contribution < 1.29 is 13.6 Å². The molecule has 1 aliphatic heterocycles. The van der Waals surface area contributed by atoms with E-state index < -0.39 is 16.6 Å². The van der Waals surface area contributed by atoms with Gasteiger partial charge in [0.25, 0.3) is 0 Å². The first-order chi connectivity index (χ1) is 10.6. The number of rotatable bonds is 4. The summed E-state index contributed by atoms with van der Waals surface area (Å²) in [6.07, 6.45) is 0.777. The topological polar surface area (TPSA) is 47.6 Å². The van der Waals surface area contributed by atoms with Crippen LogP contribution in [0.5, 0.6) is 0 Å². The molecule has 0 spiro atoms. The number of hydrogen-bond donors (Lipinski definition) is 1. The molecule has 0 aromatic carbocycles. The number of carbonyl (C=O) groups excluding carboxylic acids is 1. The SMILES string of the molecule is CC(C)(C)[Si](C)(C)O[C@@H]1[C@H](O[Si](C)(C)C(C)(C)C)[C@@H]2C[C@H]1NC2=O. The molecule has 0 radical (unpaired) electrons. The van der Waals surface area contributed by atoms with E-state index in [1.54, 1.807) is 0 Å². The lowest BCUT2D eigenvalue weighted by Crippen LogP contribution is -2.59. The Balaban J connectivity index is 2.25. The number of nitrogens with one attached hydrogen (secondary N) is 1. The lowest BCUT2D eigenvalue weighted by Gasteiger charge is -2.46. The van der Waals surface area contributed by atoms with Crippen LogP contribution in [-0.4, -0.2) is 40.8 Å². The van der Waals surface area contributed by atoms with Crippen LogP contribution in [0.2, 0.25) is 36.3 Å². The molecular formula is C18H37NO3Si2. The predicted octanol–water partition coefficient (Wildman–Crippen LogP) is 4.29. The molecule has 2 aliphatic rings. The second-order valence-corrected chi connectivity index (χ2v) is 20.2. The zero-order chi connectivity index (χ0) is 18.7. The van der Waals surface area contributed by atoms with Crippen LogP contribution >= 0.6 is 0 Å². The highest BCUT2D eigenvalue weighted by atomic mass is 28.4. The van der Waals surface area contributed by atoms with E-state index in [9.17, 15) is 4.79 Å². The van der Waals surface area contributed by atoms with E-state index in [1.807, 2.05) is 0 Å². The molecule has 1 N–H and O–H groups in total. The molecule has 1 heterocycles. The van der Waals surface area contributed by atoms with Crippen molar-refractivity contribution in [3.63, 3.8) is 0 Å². The molecule has 1 aliphatic carbocycles. The van der Waals surface area contributed by atoms with Gasteiger partial charge in [0, 0.05) is 0 Å². The van der Waals surface area contributed by atoms with Crippen LogP contribution in [0.4, 0.5) is 0 Å². The average Bonchev–Trinajstić information content (AvgIpc) is 2.84. The summed E-state index contributed by atoms with van der Waals surface area (Å²) in [5.74, 6) is 0.109. The molecule has 6 heteroatoms. The molecular weight excluding hydrogens is 334 g/mol. The van der Waals surface area contributed by atoms with Gasteiger partial charge in [0.15, 0.2) is 16.6 Å². The first-order valence-corrected chi connectivity index (χ1v) is 15.0. The van der Waals surface area contributed by atoms with Gasteiger partial charge in [0.2, 0.25) is 5.91 Å². The second-order valence-electron chi connectivity index (χ2n) is 10.6. The monoisotopic (exact) mass is 371 g/mol. The zero-order valence-corrected chi connectivity index (χ0v) is 19.2. The molecule has 1 amide bonds. The summed E-state index contributed by atoms with van der Waals surface area (Å²) >= 11 is 0. The Kier molecular flexibility index (Phi) is 4.97. The quantitative estimate of drug-likeness (QED) is 0.750. The highest BCUT2D eigenvalue weighted by Crippen LogP contribution is 2.46. The fraction of sp³-hybridized carbons (Fsp3) is 0.944. The maximum atomic E-state index is 12.3. The Morgan fingerprint density at radius 3 is 1.71 bits per heavy atom. The Bertz CT molecular complexity index is 505. The number of hydrogen-bond acceptors (Lipinski definition) is 3. The van der Waals surface area contributed by atoms with E-state index in [0.717, 1.165) is 6.42 Å². The second kappa shape index (κ2) is 5.93. The first kappa shape index (κ1) is 20.1. The number of fused-ring (bicyclic) bond motifs is 2. The van der Waals surface area contributed by atoms with Crippen molar-refractivity contribution in [3.05, 3.63) is 0 Å². The van der Waals surface area contributed by atoms with Crippen molar-refractivity contribution in [2.75, 3.05) is 0 Å². The Labute approximate surface area is 150 Å². The van der Waals surface area contributed by atoms with Gasteiger partial charge in [-0.25, -0.2) is 0 Å². The third-order valence-corrected chi connectivity index (χ3v) is 15.7. The van der Waals surface area contributed by atoms with Gasteiger partial charge in [-0.05, 0) is 42.7 Å². The lowest BCUT2D eigenvalue weighted by molar-refractivity contribution is -0.130. The van der Waals surface area contributed by atoms with E-state index in [4.69, 9.17) is 8.85 Å². The van der Waals surface area contributed by atoms with E-state index in [0.29, 0.717) is 0 Å². The van der Waals surface area contributed by atoms with Gasteiger partial charge in [-0.1, -0.05) is 41.5 Å². The van der Waals surface area contributed by atoms with Gasteiger partial charge >= 0.3 is 0 Å². The van der Waals surface area contributed by atoms with Gasteiger partial charge in [0.1, 0.15) is 0 Å². The number of carbonyl (C=O) groups is 1. The van der Waals surface area contributed by atoms with E-state index in [1.165, 1.54) is 0 Å². The maximum absolute atomic E-state index is 12.3. The molecule has 0 unspecified atom stereocenters. The molecule has 1 saturated carbocycles. The Morgan fingerprint density at radius 2 is 1.29 bits per heavy atom. The van der Waals surface area contributed by atoms with Crippen molar-refractivity contribution in [3.8, 4) is 0 Å². The average molecular weight is 372 g/mol. The molecule has 24 heavy (non-hydrogen) atoms.